The summed E-state index contributed by atoms with van der Waals surface area (Å²) < 4.78 is 0. The lowest BCUT2D eigenvalue weighted by molar-refractivity contribution is 0.293. The molecule has 1 saturated heterocycles. The van der Waals surface area contributed by atoms with Gasteiger partial charge in [-0.1, -0.05) is 39.0 Å². The van der Waals surface area contributed by atoms with Crippen molar-refractivity contribution in [3.63, 3.8) is 0 Å². The normalized spacial score (nSPS) is 24.8. The van der Waals surface area contributed by atoms with Crippen molar-refractivity contribution in [2.24, 2.45) is 5.41 Å². The summed E-state index contributed by atoms with van der Waals surface area (Å²) in [6.07, 6.45) is 3.44. The molecule has 0 aliphatic carbocycles. The number of H-pyrrole nitrogens is 1. The Hall–Kier alpha value is -1.28. The summed E-state index contributed by atoms with van der Waals surface area (Å²) in [5.74, 6) is 0.644. The van der Waals surface area contributed by atoms with Crippen LogP contribution in [0.4, 0.5) is 0 Å². The maximum absolute atomic E-state index is 3.69. The van der Waals surface area contributed by atoms with Gasteiger partial charge in [0.25, 0.3) is 0 Å². The van der Waals surface area contributed by atoms with E-state index in [9.17, 15) is 0 Å². The van der Waals surface area contributed by atoms with Gasteiger partial charge in [0.1, 0.15) is 0 Å². The Bertz CT molecular complexity index is 547. The first-order valence-electron chi connectivity index (χ1n) is 6.85. The van der Waals surface area contributed by atoms with Crippen molar-refractivity contribution in [1.82, 2.24) is 10.3 Å². The minimum absolute atomic E-state index is 0.348. The predicted octanol–water partition coefficient (Wildman–Crippen LogP) is 3.66. The van der Waals surface area contributed by atoms with Crippen molar-refractivity contribution in [3.05, 3.63) is 36.0 Å². The molecule has 2 unspecified atom stereocenters. The van der Waals surface area contributed by atoms with E-state index in [2.05, 4.69) is 61.5 Å². The Morgan fingerprint density at radius 2 is 1.94 bits per heavy atom. The van der Waals surface area contributed by atoms with E-state index in [-0.39, 0.29) is 0 Å². The van der Waals surface area contributed by atoms with E-state index in [0.29, 0.717) is 17.4 Å². The molecule has 0 amide bonds. The SMILES string of the molecule is CC(C)(C)C1CC(c2c[nH]c3ccccc23)CN1. The maximum Gasteiger partial charge on any atom is 0.0456 e. The van der Waals surface area contributed by atoms with Crippen LogP contribution in [0, 0.1) is 5.41 Å². The predicted molar refractivity (Wildman–Crippen MR) is 76.9 cm³/mol. The van der Waals surface area contributed by atoms with Crippen molar-refractivity contribution in [2.75, 3.05) is 6.54 Å². The summed E-state index contributed by atoms with van der Waals surface area (Å²) in [6.45, 7) is 8.07. The number of para-hydroxylation sites is 1. The lowest BCUT2D eigenvalue weighted by Crippen LogP contribution is -2.34. The quantitative estimate of drug-likeness (QED) is 0.784. The summed E-state index contributed by atoms with van der Waals surface area (Å²) in [7, 11) is 0. The van der Waals surface area contributed by atoms with E-state index >= 15 is 0 Å². The van der Waals surface area contributed by atoms with Gasteiger partial charge in [-0.15, -0.1) is 0 Å². The van der Waals surface area contributed by atoms with E-state index in [1.54, 1.807) is 0 Å². The Labute approximate surface area is 109 Å². The summed E-state index contributed by atoms with van der Waals surface area (Å²) in [5, 5.41) is 5.07. The number of aromatic nitrogens is 1. The molecule has 2 heteroatoms. The fraction of sp³-hybridized carbons (Fsp3) is 0.500. The van der Waals surface area contributed by atoms with Crippen LogP contribution in [0.25, 0.3) is 10.9 Å². The molecule has 1 aliphatic rings. The van der Waals surface area contributed by atoms with Crippen molar-refractivity contribution in [3.8, 4) is 0 Å². The highest BCUT2D eigenvalue weighted by molar-refractivity contribution is 5.83. The Kier molecular flexibility index (Phi) is 2.70. The number of hydrogen-bond donors (Lipinski definition) is 2. The number of rotatable bonds is 1. The average molecular weight is 242 g/mol. The third kappa shape index (κ3) is 1.95. The molecule has 1 aromatic carbocycles. The number of nitrogens with one attached hydrogen (secondary N) is 2. The van der Waals surface area contributed by atoms with Crippen LogP contribution in [0.3, 0.4) is 0 Å². The van der Waals surface area contributed by atoms with Crippen molar-refractivity contribution in [2.45, 2.75) is 39.2 Å². The van der Waals surface area contributed by atoms with Gasteiger partial charge in [0.2, 0.25) is 0 Å². The second-order valence-corrected chi connectivity index (χ2v) is 6.55. The smallest absolute Gasteiger partial charge is 0.0456 e. The largest absolute Gasteiger partial charge is 0.361 e. The van der Waals surface area contributed by atoms with E-state index in [0.717, 1.165) is 6.54 Å². The van der Waals surface area contributed by atoms with Crippen LogP contribution in [0.1, 0.15) is 38.7 Å². The first-order valence-corrected chi connectivity index (χ1v) is 6.85. The van der Waals surface area contributed by atoms with Crippen LogP contribution >= 0.6 is 0 Å². The zero-order valence-corrected chi connectivity index (χ0v) is 11.5. The molecule has 0 saturated carbocycles. The fourth-order valence-electron chi connectivity index (χ4n) is 3.06. The lowest BCUT2D eigenvalue weighted by Gasteiger charge is -2.27. The van der Waals surface area contributed by atoms with Crippen molar-refractivity contribution < 1.29 is 0 Å². The molecule has 18 heavy (non-hydrogen) atoms. The average Bonchev–Trinajstić information content (AvgIpc) is 2.94. The third-order valence-electron chi connectivity index (χ3n) is 4.24. The van der Waals surface area contributed by atoms with Crippen molar-refractivity contribution >= 4 is 10.9 Å². The summed E-state index contributed by atoms with van der Waals surface area (Å²) in [6, 6.07) is 9.22. The molecule has 2 aromatic rings. The van der Waals surface area contributed by atoms with Gasteiger partial charge in [-0.25, -0.2) is 0 Å². The minimum atomic E-state index is 0.348. The highest BCUT2D eigenvalue weighted by Crippen LogP contribution is 2.36. The van der Waals surface area contributed by atoms with Crippen LogP contribution in [-0.4, -0.2) is 17.6 Å². The molecular formula is C16H22N2. The topological polar surface area (TPSA) is 27.8 Å². The number of aromatic amines is 1. The van der Waals surface area contributed by atoms with Gasteiger partial charge < -0.3 is 10.3 Å². The maximum atomic E-state index is 3.69. The molecule has 1 fully saturated rings. The van der Waals surface area contributed by atoms with E-state index in [1.165, 1.54) is 22.9 Å². The summed E-state index contributed by atoms with van der Waals surface area (Å²) in [4.78, 5) is 3.39. The molecule has 2 heterocycles. The van der Waals surface area contributed by atoms with Gasteiger partial charge in [0.05, 0.1) is 0 Å². The molecule has 96 valence electrons. The third-order valence-corrected chi connectivity index (χ3v) is 4.24. The lowest BCUT2D eigenvalue weighted by atomic mass is 9.83. The number of benzene rings is 1. The van der Waals surface area contributed by atoms with Gasteiger partial charge in [0, 0.05) is 29.7 Å². The van der Waals surface area contributed by atoms with Crippen LogP contribution < -0.4 is 5.32 Å². The minimum Gasteiger partial charge on any atom is -0.361 e. The molecule has 0 bridgehead atoms. The first kappa shape index (κ1) is 11.8. The first-order chi connectivity index (χ1) is 8.55. The van der Waals surface area contributed by atoms with Gasteiger partial charge in [0.15, 0.2) is 0 Å². The number of hydrogen-bond acceptors (Lipinski definition) is 1. The number of fused-ring (bicyclic) bond motifs is 1. The zero-order valence-electron chi connectivity index (χ0n) is 11.5. The van der Waals surface area contributed by atoms with E-state index in [4.69, 9.17) is 0 Å². The molecule has 2 nitrogen and oxygen atoms in total. The zero-order chi connectivity index (χ0) is 12.8. The molecular weight excluding hydrogens is 220 g/mol. The molecule has 1 aliphatic heterocycles. The molecule has 3 rings (SSSR count). The highest BCUT2D eigenvalue weighted by Gasteiger charge is 2.33. The molecule has 1 aromatic heterocycles. The van der Waals surface area contributed by atoms with Gasteiger partial charge in [-0.3, -0.25) is 0 Å². The van der Waals surface area contributed by atoms with E-state index < -0.39 is 0 Å². The molecule has 2 atom stereocenters. The van der Waals surface area contributed by atoms with Crippen LogP contribution in [0.5, 0.6) is 0 Å². The summed E-state index contributed by atoms with van der Waals surface area (Å²) >= 11 is 0. The standard InChI is InChI=1S/C16H22N2/c1-16(2,3)15-8-11(9-18-15)13-10-17-14-7-5-4-6-12(13)14/h4-7,10-11,15,17-18H,8-9H2,1-3H3. The fourth-order valence-corrected chi connectivity index (χ4v) is 3.06. The van der Waals surface area contributed by atoms with Gasteiger partial charge >= 0.3 is 0 Å². The molecule has 0 radical (unpaired) electrons. The monoisotopic (exact) mass is 242 g/mol. The second kappa shape index (κ2) is 4.13. The van der Waals surface area contributed by atoms with Crippen molar-refractivity contribution in [1.29, 1.82) is 0 Å². The summed E-state index contributed by atoms with van der Waals surface area (Å²) in [5.41, 5.74) is 3.08. The van der Waals surface area contributed by atoms with Gasteiger partial charge in [-0.2, -0.15) is 0 Å². The highest BCUT2D eigenvalue weighted by atomic mass is 15.0. The Morgan fingerprint density at radius 3 is 2.67 bits per heavy atom. The second-order valence-electron chi connectivity index (χ2n) is 6.55. The Balaban J connectivity index is 1.89. The van der Waals surface area contributed by atoms with Crippen LogP contribution in [0.2, 0.25) is 0 Å². The van der Waals surface area contributed by atoms with E-state index in [1.807, 2.05) is 0 Å². The van der Waals surface area contributed by atoms with Crippen LogP contribution in [0.15, 0.2) is 30.5 Å². The van der Waals surface area contributed by atoms with Crippen LogP contribution in [-0.2, 0) is 0 Å². The Morgan fingerprint density at radius 1 is 1.17 bits per heavy atom. The molecule has 0 spiro atoms. The van der Waals surface area contributed by atoms with Gasteiger partial charge in [-0.05, 0) is 29.4 Å². The molecule has 2 N–H and O–H groups in total.